The highest BCUT2D eigenvalue weighted by atomic mass is 16.5. The summed E-state index contributed by atoms with van der Waals surface area (Å²) >= 11 is 0. The molecular formula is C22H26N2O5. The van der Waals surface area contributed by atoms with Crippen LogP contribution in [0.2, 0.25) is 0 Å². The van der Waals surface area contributed by atoms with Gasteiger partial charge in [0.25, 0.3) is 11.8 Å². The summed E-state index contributed by atoms with van der Waals surface area (Å²) in [6.45, 7) is 4.28. The minimum Gasteiger partial charge on any atom is -0.497 e. The molecule has 1 aliphatic rings. The van der Waals surface area contributed by atoms with Crippen molar-refractivity contribution in [3.63, 3.8) is 0 Å². The van der Waals surface area contributed by atoms with E-state index in [1.165, 1.54) is 0 Å². The normalized spacial score (nSPS) is 13.8. The van der Waals surface area contributed by atoms with E-state index in [9.17, 15) is 9.59 Å². The van der Waals surface area contributed by atoms with E-state index in [1.807, 2.05) is 6.92 Å². The number of hydrogen-bond acceptors (Lipinski definition) is 5. The van der Waals surface area contributed by atoms with Crippen LogP contribution < -0.4 is 14.2 Å². The van der Waals surface area contributed by atoms with Gasteiger partial charge in [0.2, 0.25) is 0 Å². The smallest absolute Gasteiger partial charge is 0.254 e. The summed E-state index contributed by atoms with van der Waals surface area (Å²) in [6.07, 6.45) is 0. The Morgan fingerprint density at radius 1 is 0.828 bits per heavy atom. The first kappa shape index (κ1) is 20.5. The zero-order valence-corrected chi connectivity index (χ0v) is 17.0. The second kappa shape index (κ2) is 9.32. The third-order valence-corrected chi connectivity index (χ3v) is 4.88. The van der Waals surface area contributed by atoms with E-state index in [0.29, 0.717) is 61.2 Å². The molecule has 2 aromatic rings. The summed E-state index contributed by atoms with van der Waals surface area (Å²) in [5, 5.41) is 0. The largest absolute Gasteiger partial charge is 0.497 e. The van der Waals surface area contributed by atoms with Crippen molar-refractivity contribution in [1.29, 1.82) is 0 Å². The lowest BCUT2D eigenvalue weighted by Crippen LogP contribution is -2.50. The molecule has 29 heavy (non-hydrogen) atoms. The average molecular weight is 398 g/mol. The Bertz CT molecular complexity index is 875. The van der Waals surface area contributed by atoms with Gasteiger partial charge in [-0.05, 0) is 43.3 Å². The van der Waals surface area contributed by atoms with E-state index in [1.54, 1.807) is 66.5 Å². The van der Waals surface area contributed by atoms with E-state index in [4.69, 9.17) is 14.2 Å². The first-order valence-corrected chi connectivity index (χ1v) is 9.60. The van der Waals surface area contributed by atoms with Crippen molar-refractivity contribution >= 4 is 11.8 Å². The number of piperazine rings is 1. The second-order valence-electron chi connectivity index (χ2n) is 6.62. The van der Waals surface area contributed by atoms with Gasteiger partial charge in [0.05, 0.1) is 20.8 Å². The quantitative estimate of drug-likeness (QED) is 0.748. The van der Waals surface area contributed by atoms with Gasteiger partial charge in [0.1, 0.15) is 5.75 Å². The van der Waals surface area contributed by atoms with Gasteiger partial charge in [-0.15, -0.1) is 0 Å². The average Bonchev–Trinajstić information content (AvgIpc) is 2.78. The summed E-state index contributed by atoms with van der Waals surface area (Å²) in [7, 11) is 3.14. The molecule has 0 bridgehead atoms. The molecule has 3 rings (SSSR count). The molecule has 7 nitrogen and oxygen atoms in total. The predicted octanol–water partition coefficient (Wildman–Crippen LogP) is 2.70. The molecule has 0 N–H and O–H groups in total. The van der Waals surface area contributed by atoms with Gasteiger partial charge in [-0.25, -0.2) is 0 Å². The summed E-state index contributed by atoms with van der Waals surface area (Å²) in [5.74, 6) is 1.65. The van der Waals surface area contributed by atoms with Crippen LogP contribution in [0, 0.1) is 0 Å². The Morgan fingerprint density at radius 2 is 1.45 bits per heavy atom. The van der Waals surface area contributed by atoms with Gasteiger partial charge in [-0.1, -0.05) is 6.07 Å². The monoisotopic (exact) mass is 398 g/mol. The molecule has 2 amide bonds. The number of nitrogens with zero attached hydrogens (tertiary/aromatic N) is 2. The highest BCUT2D eigenvalue weighted by Gasteiger charge is 2.26. The van der Waals surface area contributed by atoms with Crippen molar-refractivity contribution in [1.82, 2.24) is 9.80 Å². The van der Waals surface area contributed by atoms with Gasteiger partial charge < -0.3 is 24.0 Å². The zero-order chi connectivity index (χ0) is 20.8. The van der Waals surface area contributed by atoms with Crippen molar-refractivity contribution in [2.75, 3.05) is 47.0 Å². The number of carbonyl (C=O) groups is 2. The van der Waals surface area contributed by atoms with Crippen LogP contribution in [0.3, 0.4) is 0 Å². The Morgan fingerprint density at radius 3 is 2.00 bits per heavy atom. The van der Waals surface area contributed by atoms with E-state index in [-0.39, 0.29) is 11.8 Å². The number of hydrogen-bond donors (Lipinski definition) is 0. The minimum atomic E-state index is -0.0814. The summed E-state index contributed by atoms with van der Waals surface area (Å²) in [5.41, 5.74) is 1.13. The van der Waals surface area contributed by atoms with Crippen molar-refractivity contribution in [3.8, 4) is 17.2 Å². The Hall–Kier alpha value is -3.22. The maximum atomic E-state index is 12.9. The molecule has 1 heterocycles. The maximum Gasteiger partial charge on any atom is 0.254 e. The molecule has 1 fully saturated rings. The third kappa shape index (κ3) is 4.62. The van der Waals surface area contributed by atoms with Crippen molar-refractivity contribution in [2.24, 2.45) is 0 Å². The van der Waals surface area contributed by atoms with Crippen LogP contribution >= 0.6 is 0 Å². The van der Waals surface area contributed by atoms with Gasteiger partial charge in [-0.2, -0.15) is 0 Å². The molecule has 0 saturated carbocycles. The second-order valence-corrected chi connectivity index (χ2v) is 6.62. The fourth-order valence-electron chi connectivity index (χ4n) is 3.31. The molecule has 1 aliphatic heterocycles. The third-order valence-electron chi connectivity index (χ3n) is 4.88. The van der Waals surface area contributed by atoms with Crippen LogP contribution in [0.25, 0.3) is 0 Å². The highest BCUT2D eigenvalue weighted by molar-refractivity contribution is 5.96. The van der Waals surface area contributed by atoms with Gasteiger partial charge >= 0.3 is 0 Å². The predicted molar refractivity (Wildman–Crippen MR) is 109 cm³/mol. The standard InChI is InChI=1S/C22H26N2O5/c1-4-29-20-15-17(8-9-19(20)28-3)22(26)24-12-10-23(11-13-24)21(25)16-6-5-7-18(14-16)27-2/h5-9,14-15H,4,10-13H2,1-3H3. The molecule has 2 aromatic carbocycles. The lowest BCUT2D eigenvalue weighted by molar-refractivity contribution is 0.0535. The molecule has 0 aliphatic carbocycles. The van der Waals surface area contributed by atoms with Crippen LogP contribution in [0.1, 0.15) is 27.6 Å². The molecule has 7 heteroatoms. The SMILES string of the molecule is CCOc1cc(C(=O)N2CCN(C(=O)c3cccc(OC)c3)CC2)ccc1OC. The Kier molecular flexibility index (Phi) is 6.59. The molecule has 0 spiro atoms. The molecule has 0 atom stereocenters. The number of amides is 2. The molecule has 154 valence electrons. The van der Waals surface area contributed by atoms with Gasteiger partial charge in [-0.3, -0.25) is 9.59 Å². The van der Waals surface area contributed by atoms with Crippen LogP contribution in [-0.2, 0) is 0 Å². The van der Waals surface area contributed by atoms with Gasteiger partial charge in [0, 0.05) is 37.3 Å². The summed E-state index contributed by atoms with van der Waals surface area (Å²) in [6, 6.07) is 12.3. The molecule has 0 radical (unpaired) electrons. The van der Waals surface area contributed by atoms with Crippen LogP contribution in [0.15, 0.2) is 42.5 Å². The minimum absolute atomic E-state index is 0.0564. The van der Waals surface area contributed by atoms with Gasteiger partial charge in [0.15, 0.2) is 11.5 Å². The van der Waals surface area contributed by atoms with Crippen molar-refractivity contribution in [2.45, 2.75) is 6.92 Å². The van der Waals surface area contributed by atoms with Crippen molar-refractivity contribution < 1.29 is 23.8 Å². The number of benzene rings is 2. The Labute approximate surface area is 170 Å². The number of methoxy groups -OCH3 is 2. The van der Waals surface area contributed by atoms with Crippen molar-refractivity contribution in [3.05, 3.63) is 53.6 Å². The lowest BCUT2D eigenvalue weighted by Gasteiger charge is -2.35. The first-order chi connectivity index (χ1) is 14.1. The van der Waals surface area contributed by atoms with Crippen LogP contribution in [-0.4, -0.2) is 68.6 Å². The maximum absolute atomic E-state index is 12.9. The number of carbonyl (C=O) groups excluding carboxylic acids is 2. The first-order valence-electron chi connectivity index (χ1n) is 9.60. The Balaban J connectivity index is 1.65. The molecule has 0 unspecified atom stereocenters. The topological polar surface area (TPSA) is 68.3 Å². The van der Waals surface area contributed by atoms with E-state index >= 15 is 0 Å². The summed E-state index contributed by atoms with van der Waals surface area (Å²) < 4.78 is 16.0. The molecule has 1 saturated heterocycles. The summed E-state index contributed by atoms with van der Waals surface area (Å²) in [4.78, 5) is 29.2. The number of rotatable bonds is 6. The van der Waals surface area contributed by atoms with E-state index in [0.717, 1.165) is 0 Å². The van der Waals surface area contributed by atoms with E-state index in [2.05, 4.69) is 0 Å². The highest BCUT2D eigenvalue weighted by Crippen LogP contribution is 2.28. The molecule has 0 aromatic heterocycles. The fourth-order valence-corrected chi connectivity index (χ4v) is 3.31. The van der Waals surface area contributed by atoms with Crippen LogP contribution in [0.5, 0.6) is 17.2 Å². The lowest BCUT2D eigenvalue weighted by atomic mass is 10.1. The van der Waals surface area contributed by atoms with Crippen LogP contribution in [0.4, 0.5) is 0 Å². The zero-order valence-electron chi connectivity index (χ0n) is 17.0. The molecular weight excluding hydrogens is 372 g/mol. The van der Waals surface area contributed by atoms with E-state index < -0.39 is 0 Å². The number of ether oxygens (including phenoxy) is 3. The fraction of sp³-hybridized carbons (Fsp3) is 0.364.